The monoisotopic (exact) mass is 290 g/mol. The van der Waals surface area contributed by atoms with Crippen molar-refractivity contribution in [2.75, 3.05) is 6.61 Å². The predicted molar refractivity (Wildman–Crippen MR) is 65.8 cm³/mol. The molecule has 1 saturated heterocycles. The first kappa shape index (κ1) is 14.5. The van der Waals surface area contributed by atoms with Crippen LogP contribution in [0.15, 0.2) is 24.3 Å². The van der Waals surface area contributed by atoms with Gasteiger partial charge in [0, 0.05) is 5.02 Å². The SMILES string of the molecule is OC[C@H]1O[C@H](Oc2ccc(Cl)cc2)[C@H](O)[C@H](O)[C@@H]1O. The maximum Gasteiger partial charge on any atom is 0.229 e. The van der Waals surface area contributed by atoms with E-state index in [2.05, 4.69) is 0 Å². The fourth-order valence-electron chi connectivity index (χ4n) is 1.81. The maximum atomic E-state index is 9.77. The molecule has 0 amide bonds. The first-order chi connectivity index (χ1) is 9.02. The second kappa shape index (κ2) is 6.04. The van der Waals surface area contributed by atoms with Crippen molar-refractivity contribution in [3.63, 3.8) is 0 Å². The molecule has 106 valence electrons. The molecule has 19 heavy (non-hydrogen) atoms. The van der Waals surface area contributed by atoms with Crippen LogP contribution in [0.4, 0.5) is 0 Å². The summed E-state index contributed by atoms with van der Waals surface area (Å²) in [6, 6.07) is 6.34. The van der Waals surface area contributed by atoms with Crippen LogP contribution in [0.25, 0.3) is 0 Å². The Bertz CT molecular complexity index is 409. The van der Waals surface area contributed by atoms with Crippen LogP contribution in [0.5, 0.6) is 5.75 Å². The fourth-order valence-corrected chi connectivity index (χ4v) is 1.94. The van der Waals surface area contributed by atoms with E-state index in [4.69, 9.17) is 26.2 Å². The third-order valence-electron chi connectivity index (χ3n) is 2.91. The van der Waals surface area contributed by atoms with E-state index in [1.165, 1.54) is 0 Å². The number of aliphatic hydroxyl groups excluding tert-OH is 4. The van der Waals surface area contributed by atoms with E-state index in [-0.39, 0.29) is 0 Å². The minimum Gasteiger partial charge on any atom is -0.462 e. The Morgan fingerprint density at radius 2 is 1.68 bits per heavy atom. The van der Waals surface area contributed by atoms with Crippen molar-refractivity contribution in [3.05, 3.63) is 29.3 Å². The molecule has 0 saturated carbocycles. The third-order valence-corrected chi connectivity index (χ3v) is 3.17. The number of aliphatic hydroxyl groups is 4. The summed E-state index contributed by atoms with van der Waals surface area (Å²) < 4.78 is 10.6. The van der Waals surface area contributed by atoms with E-state index in [0.29, 0.717) is 10.8 Å². The molecule has 0 radical (unpaired) electrons. The molecular formula is C12H15ClO6. The summed E-state index contributed by atoms with van der Waals surface area (Å²) in [6.07, 6.45) is -6.45. The minimum absolute atomic E-state index is 0.383. The molecule has 1 aromatic rings. The first-order valence-corrected chi connectivity index (χ1v) is 6.13. The van der Waals surface area contributed by atoms with Gasteiger partial charge >= 0.3 is 0 Å². The zero-order valence-corrected chi connectivity index (χ0v) is 10.6. The zero-order chi connectivity index (χ0) is 14.0. The van der Waals surface area contributed by atoms with Crippen molar-refractivity contribution < 1.29 is 29.9 Å². The maximum absolute atomic E-state index is 9.77. The largest absolute Gasteiger partial charge is 0.462 e. The normalized spacial score (nSPS) is 35.1. The number of hydrogen-bond donors (Lipinski definition) is 4. The average molecular weight is 291 g/mol. The lowest BCUT2D eigenvalue weighted by Crippen LogP contribution is -2.60. The highest BCUT2D eigenvalue weighted by atomic mass is 35.5. The lowest BCUT2D eigenvalue weighted by molar-refractivity contribution is -0.277. The summed E-state index contributed by atoms with van der Waals surface area (Å²) in [5.74, 6) is 0.383. The number of benzene rings is 1. The van der Waals surface area contributed by atoms with Crippen molar-refractivity contribution >= 4 is 11.6 Å². The Balaban J connectivity index is 2.08. The van der Waals surface area contributed by atoms with Crippen LogP contribution >= 0.6 is 11.6 Å². The van der Waals surface area contributed by atoms with Crippen molar-refractivity contribution in [2.24, 2.45) is 0 Å². The van der Waals surface area contributed by atoms with E-state index in [1.54, 1.807) is 24.3 Å². The van der Waals surface area contributed by atoms with Crippen LogP contribution in [0.2, 0.25) is 5.02 Å². The molecule has 0 aromatic heterocycles. The molecule has 5 atom stereocenters. The van der Waals surface area contributed by atoms with Gasteiger partial charge in [0.15, 0.2) is 0 Å². The molecule has 0 unspecified atom stereocenters. The van der Waals surface area contributed by atoms with E-state index in [0.717, 1.165) is 0 Å². The minimum atomic E-state index is -1.46. The van der Waals surface area contributed by atoms with Gasteiger partial charge in [0.05, 0.1) is 6.61 Å². The summed E-state index contributed by atoms with van der Waals surface area (Å²) in [4.78, 5) is 0. The highest BCUT2D eigenvalue weighted by molar-refractivity contribution is 6.30. The van der Waals surface area contributed by atoms with Gasteiger partial charge in [-0.1, -0.05) is 11.6 Å². The van der Waals surface area contributed by atoms with Gasteiger partial charge in [0.1, 0.15) is 30.2 Å². The Labute approximate surface area is 114 Å². The second-order valence-electron chi connectivity index (χ2n) is 4.27. The van der Waals surface area contributed by atoms with Gasteiger partial charge in [0.2, 0.25) is 6.29 Å². The third kappa shape index (κ3) is 3.17. The molecule has 1 aromatic carbocycles. The molecule has 7 heteroatoms. The van der Waals surface area contributed by atoms with Crippen molar-refractivity contribution in [2.45, 2.75) is 30.7 Å². The lowest BCUT2D eigenvalue weighted by atomic mass is 9.99. The quantitative estimate of drug-likeness (QED) is 0.600. The molecule has 4 N–H and O–H groups in total. The molecule has 1 fully saturated rings. The fraction of sp³-hybridized carbons (Fsp3) is 0.500. The van der Waals surface area contributed by atoms with Crippen molar-refractivity contribution in [3.8, 4) is 5.75 Å². The van der Waals surface area contributed by atoms with Gasteiger partial charge in [0.25, 0.3) is 0 Å². The molecule has 0 spiro atoms. The molecule has 6 nitrogen and oxygen atoms in total. The second-order valence-corrected chi connectivity index (χ2v) is 4.71. The Morgan fingerprint density at radius 1 is 1.05 bits per heavy atom. The van der Waals surface area contributed by atoms with Crippen LogP contribution in [-0.2, 0) is 4.74 Å². The molecule has 1 aliphatic rings. The summed E-state index contributed by atoms with van der Waals surface area (Å²) in [5.41, 5.74) is 0. The van der Waals surface area contributed by atoms with E-state index < -0.39 is 37.3 Å². The van der Waals surface area contributed by atoms with Gasteiger partial charge in [-0.3, -0.25) is 0 Å². The molecular weight excluding hydrogens is 276 g/mol. The number of hydrogen-bond acceptors (Lipinski definition) is 6. The highest BCUT2D eigenvalue weighted by Gasteiger charge is 2.44. The van der Waals surface area contributed by atoms with E-state index in [9.17, 15) is 15.3 Å². The number of rotatable bonds is 3. The molecule has 1 heterocycles. The smallest absolute Gasteiger partial charge is 0.229 e. The van der Waals surface area contributed by atoms with Crippen LogP contribution in [0.1, 0.15) is 0 Å². The van der Waals surface area contributed by atoms with E-state index in [1.807, 2.05) is 0 Å². The van der Waals surface area contributed by atoms with Gasteiger partial charge in [-0.25, -0.2) is 0 Å². The zero-order valence-electron chi connectivity index (χ0n) is 9.89. The number of halogens is 1. The molecule has 1 aliphatic heterocycles. The summed E-state index contributed by atoms with van der Waals surface area (Å²) in [5, 5.41) is 38.5. The van der Waals surface area contributed by atoms with Crippen molar-refractivity contribution in [1.82, 2.24) is 0 Å². The van der Waals surface area contributed by atoms with Gasteiger partial charge < -0.3 is 29.9 Å². The topological polar surface area (TPSA) is 99.4 Å². The Morgan fingerprint density at radius 3 is 2.26 bits per heavy atom. The molecule has 0 aliphatic carbocycles. The van der Waals surface area contributed by atoms with Crippen LogP contribution in [0, 0.1) is 0 Å². The standard InChI is InChI=1S/C12H15ClO6/c13-6-1-3-7(4-2-6)18-12-11(17)10(16)9(15)8(5-14)19-12/h1-4,8-12,14-17H,5H2/t8-,9-,10-,11-,12+/m1/s1. The molecule has 0 bridgehead atoms. The summed E-state index contributed by atoms with van der Waals surface area (Å²) in [7, 11) is 0. The average Bonchev–Trinajstić information content (AvgIpc) is 2.42. The Kier molecular flexibility index (Phi) is 4.62. The van der Waals surface area contributed by atoms with Crippen LogP contribution in [0.3, 0.4) is 0 Å². The lowest BCUT2D eigenvalue weighted by Gasteiger charge is -2.39. The van der Waals surface area contributed by atoms with Gasteiger partial charge in [-0.15, -0.1) is 0 Å². The number of ether oxygens (including phenoxy) is 2. The van der Waals surface area contributed by atoms with Gasteiger partial charge in [-0.05, 0) is 24.3 Å². The molecule has 2 rings (SSSR count). The van der Waals surface area contributed by atoms with E-state index >= 15 is 0 Å². The summed E-state index contributed by atoms with van der Waals surface area (Å²) >= 11 is 5.73. The van der Waals surface area contributed by atoms with Crippen LogP contribution < -0.4 is 4.74 Å². The summed E-state index contributed by atoms with van der Waals surface area (Å²) in [6.45, 7) is -0.495. The van der Waals surface area contributed by atoms with Crippen molar-refractivity contribution in [1.29, 1.82) is 0 Å². The first-order valence-electron chi connectivity index (χ1n) is 5.75. The van der Waals surface area contributed by atoms with Gasteiger partial charge in [-0.2, -0.15) is 0 Å². The highest BCUT2D eigenvalue weighted by Crippen LogP contribution is 2.24. The van der Waals surface area contributed by atoms with Crippen LogP contribution in [-0.4, -0.2) is 57.7 Å². The Hall–Kier alpha value is -0.890. The predicted octanol–water partition coefficient (Wildman–Crippen LogP) is -0.481.